The molecule has 0 aliphatic carbocycles. The van der Waals surface area contributed by atoms with Crippen molar-refractivity contribution in [3.8, 4) is 0 Å². The van der Waals surface area contributed by atoms with E-state index < -0.39 is 0 Å². The van der Waals surface area contributed by atoms with E-state index in [-0.39, 0.29) is 5.95 Å². The average Bonchev–Trinajstić information content (AvgIpc) is 3.04. The summed E-state index contributed by atoms with van der Waals surface area (Å²) in [4.78, 5) is 20.6. The Balaban J connectivity index is 1.47. The van der Waals surface area contributed by atoms with Crippen LogP contribution < -0.4 is 10.6 Å². The molecule has 118 valence electrons. The van der Waals surface area contributed by atoms with Gasteiger partial charge < -0.3 is 15.6 Å². The highest BCUT2D eigenvalue weighted by atomic mass is 15.3. The molecular weight excluding hydrogens is 290 g/mol. The summed E-state index contributed by atoms with van der Waals surface area (Å²) in [6.45, 7) is 4.80. The van der Waals surface area contributed by atoms with Gasteiger partial charge in [0.1, 0.15) is 5.52 Å². The predicted molar refractivity (Wildman–Crippen MR) is 90.0 cm³/mol. The summed E-state index contributed by atoms with van der Waals surface area (Å²) in [7, 11) is 0. The van der Waals surface area contributed by atoms with Gasteiger partial charge in [0.2, 0.25) is 5.95 Å². The van der Waals surface area contributed by atoms with Crippen molar-refractivity contribution in [1.82, 2.24) is 24.8 Å². The van der Waals surface area contributed by atoms with Crippen LogP contribution in [0.5, 0.6) is 0 Å². The van der Waals surface area contributed by atoms with Gasteiger partial charge in [-0.25, -0.2) is 4.98 Å². The molecule has 2 aromatic heterocycles. The summed E-state index contributed by atoms with van der Waals surface area (Å²) >= 11 is 0. The molecule has 23 heavy (non-hydrogen) atoms. The van der Waals surface area contributed by atoms with Crippen molar-refractivity contribution in [2.45, 2.75) is 6.54 Å². The number of H-pyrrole nitrogens is 1. The smallest absolute Gasteiger partial charge is 0.224 e. The number of aromatic nitrogens is 4. The zero-order chi connectivity index (χ0) is 15.6. The Labute approximate surface area is 134 Å². The Morgan fingerprint density at radius 2 is 1.83 bits per heavy atom. The molecule has 7 nitrogen and oxygen atoms in total. The number of nitrogens with two attached hydrogens (primary N) is 1. The fraction of sp³-hybridized carbons (Fsp3) is 0.312. The van der Waals surface area contributed by atoms with Gasteiger partial charge in [-0.1, -0.05) is 30.3 Å². The largest absolute Gasteiger partial charge is 0.368 e. The zero-order valence-electron chi connectivity index (χ0n) is 12.8. The van der Waals surface area contributed by atoms with Gasteiger partial charge in [0.25, 0.3) is 0 Å². The van der Waals surface area contributed by atoms with Crippen molar-refractivity contribution < 1.29 is 0 Å². The highest BCUT2D eigenvalue weighted by Crippen LogP contribution is 2.23. The van der Waals surface area contributed by atoms with Crippen molar-refractivity contribution in [1.29, 1.82) is 0 Å². The lowest BCUT2D eigenvalue weighted by Gasteiger charge is -2.35. The maximum Gasteiger partial charge on any atom is 0.224 e. The van der Waals surface area contributed by atoms with Crippen LogP contribution >= 0.6 is 0 Å². The third-order valence-corrected chi connectivity index (χ3v) is 4.20. The molecule has 1 aliphatic rings. The highest BCUT2D eigenvalue weighted by Gasteiger charge is 2.21. The molecule has 3 heterocycles. The van der Waals surface area contributed by atoms with Crippen molar-refractivity contribution in [3.05, 3.63) is 42.2 Å². The lowest BCUT2D eigenvalue weighted by atomic mass is 10.2. The monoisotopic (exact) mass is 309 g/mol. The molecule has 0 atom stereocenters. The van der Waals surface area contributed by atoms with Crippen LogP contribution in [0.2, 0.25) is 0 Å². The number of fused-ring (bicyclic) bond motifs is 1. The number of benzene rings is 1. The summed E-state index contributed by atoms with van der Waals surface area (Å²) in [5, 5.41) is 0. The van der Waals surface area contributed by atoms with Gasteiger partial charge in [0.15, 0.2) is 11.5 Å². The molecule has 1 fully saturated rings. The molecule has 4 rings (SSSR count). The van der Waals surface area contributed by atoms with E-state index in [9.17, 15) is 0 Å². The number of piperazine rings is 1. The van der Waals surface area contributed by atoms with Crippen LogP contribution in [0.4, 0.5) is 11.8 Å². The Morgan fingerprint density at radius 1 is 1.04 bits per heavy atom. The van der Waals surface area contributed by atoms with E-state index in [0.29, 0.717) is 5.65 Å². The lowest BCUT2D eigenvalue weighted by Crippen LogP contribution is -2.46. The highest BCUT2D eigenvalue weighted by molar-refractivity contribution is 5.84. The topological polar surface area (TPSA) is 87.0 Å². The van der Waals surface area contributed by atoms with E-state index in [1.165, 1.54) is 5.56 Å². The number of aromatic amines is 1. The van der Waals surface area contributed by atoms with Gasteiger partial charge in [-0.05, 0) is 5.56 Å². The molecule has 0 unspecified atom stereocenters. The minimum atomic E-state index is 0.270. The van der Waals surface area contributed by atoms with Crippen molar-refractivity contribution in [3.63, 3.8) is 0 Å². The fourth-order valence-corrected chi connectivity index (χ4v) is 3.02. The Bertz CT molecular complexity index is 791. The van der Waals surface area contributed by atoms with Crippen LogP contribution in [0.25, 0.3) is 11.2 Å². The van der Waals surface area contributed by atoms with Gasteiger partial charge in [-0.15, -0.1) is 0 Å². The van der Waals surface area contributed by atoms with Crippen LogP contribution in [-0.4, -0.2) is 51.0 Å². The number of imidazole rings is 1. The van der Waals surface area contributed by atoms with Gasteiger partial charge >= 0.3 is 0 Å². The van der Waals surface area contributed by atoms with Crippen LogP contribution in [0.15, 0.2) is 36.7 Å². The van der Waals surface area contributed by atoms with Crippen LogP contribution in [0, 0.1) is 0 Å². The normalized spacial score (nSPS) is 16.1. The fourth-order valence-electron chi connectivity index (χ4n) is 3.02. The first-order valence-electron chi connectivity index (χ1n) is 7.77. The SMILES string of the molecule is Nc1nc(N2CCN(Cc3ccccc3)CC2)c2[nH]cnc2n1. The van der Waals surface area contributed by atoms with E-state index in [2.05, 4.69) is 60.1 Å². The minimum absolute atomic E-state index is 0.270. The summed E-state index contributed by atoms with van der Waals surface area (Å²) in [6, 6.07) is 10.6. The van der Waals surface area contributed by atoms with Gasteiger partial charge in [0, 0.05) is 32.7 Å². The molecule has 0 bridgehead atoms. The van der Waals surface area contributed by atoms with Crippen LogP contribution in [0.3, 0.4) is 0 Å². The Hall–Kier alpha value is -2.67. The number of anilines is 2. The van der Waals surface area contributed by atoms with E-state index >= 15 is 0 Å². The number of rotatable bonds is 3. The van der Waals surface area contributed by atoms with Crippen molar-refractivity contribution in [2.75, 3.05) is 36.8 Å². The average molecular weight is 309 g/mol. The zero-order valence-corrected chi connectivity index (χ0v) is 12.8. The summed E-state index contributed by atoms with van der Waals surface area (Å²) in [5.41, 5.74) is 8.64. The second-order valence-corrected chi connectivity index (χ2v) is 5.76. The van der Waals surface area contributed by atoms with Crippen molar-refractivity contribution in [2.24, 2.45) is 0 Å². The second-order valence-electron chi connectivity index (χ2n) is 5.76. The molecule has 0 saturated carbocycles. The van der Waals surface area contributed by atoms with E-state index in [0.717, 1.165) is 44.1 Å². The third-order valence-electron chi connectivity index (χ3n) is 4.20. The van der Waals surface area contributed by atoms with E-state index in [1.807, 2.05) is 0 Å². The number of nitrogens with zero attached hydrogens (tertiary/aromatic N) is 5. The molecule has 0 radical (unpaired) electrons. The molecule has 3 aromatic rings. The third kappa shape index (κ3) is 2.83. The summed E-state index contributed by atoms with van der Waals surface area (Å²) < 4.78 is 0. The molecule has 1 saturated heterocycles. The Morgan fingerprint density at radius 3 is 2.61 bits per heavy atom. The summed E-state index contributed by atoms with van der Waals surface area (Å²) in [5.74, 6) is 1.12. The molecule has 7 heteroatoms. The number of hydrogen-bond donors (Lipinski definition) is 2. The lowest BCUT2D eigenvalue weighted by molar-refractivity contribution is 0.249. The second kappa shape index (κ2) is 5.85. The predicted octanol–water partition coefficient (Wildman–Crippen LogP) is 1.26. The number of nitrogen functional groups attached to an aromatic ring is 1. The standard InChI is InChI=1S/C16H19N7/c17-16-20-14-13(18-11-19-14)15(21-16)23-8-6-22(7-9-23)10-12-4-2-1-3-5-12/h1-5,11H,6-10H2,(H3,17,18,19,20,21). The molecule has 0 spiro atoms. The van der Waals surface area contributed by atoms with Crippen molar-refractivity contribution >= 4 is 22.9 Å². The number of nitrogens with one attached hydrogen (secondary N) is 1. The van der Waals surface area contributed by atoms with E-state index in [1.54, 1.807) is 6.33 Å². The molecule has 1 aromatic carbocycles. The molecule has 3 N–H and O–H groups in total. The quantitative estimate of drug-likeness (QED) is 0.757. The van der Waals surface area contributed by atoms with Gasteiger partial charge in [-0.3, -0.25) is 4.90 Å². The first-order valence-corrected chi connectivity index (χ1v) is 7.77. The molecule has 1 aliphatic heterocycles. The van der Waals surface area contributed by atoms with Crippen LogP contribution in [0.1, 0.15) is 5.56 Å². The van der Waals surface area contributed by atoms with Gasteiger partial charge in [0.05, 0.1) is 6.33 Å². The maximum absolute atomic E-state index is 5.81. The maximum atomic E-state index is 5.81. The minimum Gasteiger partial charge on any atom is -0.368 e. The van der Waals surface area contributed by atoms with E-state index in [4.69, 9.17) is 5.73 Å². The first-order chi connectivity index (χ1) is 11.3. The Kier molecular flexibility index (Phi) is 3.55. The summed E-state index contributed by atoms with van der Waals surface area (Å²) in [6.07, 6.45) is 1.63. The molecule has 0 amide bonds. The van der Waals surface area contributed by atoms with Crippen LogP contribution in [-0.2, 0) is 6.54 Å². The number of hydrogen-bond acceptors (Lipinski definition) is 6. The van der Waals surface area contributed by atoms with Gasteiger partial charge in [-0.2, -0.15) is 9.97 Å². The molecular formula is C16H19N7. The first kappa shape index (κ1) is 14.0.